The van der Waals surface area contributed by atoms with Crippen molar-refractivity contribution in [3.8, 4) is 0 Å². The lowest BCUT2D eigenvalue weighted by Crippen LogP contribution is -2.05. The summed E-state index contributed by atoms with van der Waals surface area (Å²) in [6.07, 6.45) is 6.03. The minimum Gasteiger partial charge on any atom is -0.275 e. The summed E-state index contributed by atoms with van der Waals surface area (Å²) < 4.78 is 1.94. The van der Waals surface area contributed by atoms with Gasteiger partial charge < -0.3 is 0 Å². The molecule has 1 heterocycles. The van der Waals surface area contributed by atoms with Crippen LogP contribution in [0.5, 0.6) is 0 Å². The summed E-state index contributed by atoms with van der Waals surface area (Å²) in [5.74, 6) is 0.681. The molecular formula is C9H14N2. The second-order valence-corrected chi connectivity index (χ2v) is 3.51. The van der Waals surface area contributed by atoms with Gasteiger partial charge in [-0.2, -0.15) is 5.10 Å². The van der Waals surface area contributed by atoms with Crippen LogP contribution in [0.15, 0.2) is 6.20 Å². The highest BCUT2D eigenvalue weighted by molar-refractivity contribution is 5.23. The Bertz CT molecular complexity index is 263. The molecule has 2 rings (SSSR count). The van der Waals surface area contributed by atoms with Gasteiger partial charge >= 0.3 is 0 Å². The average Bonchev–Trinajstić information content (AvgIpc) is 2.31. The van der Waals surface area contributed by atoms with E-state index in [1.54, 1.807) is 0 Å². The monoisotopic (exact) mass is 150 g/mol. The van der Waals surface area contributed by atoms with Crippen molar-refractivity contribution >= 4 is 0 Å². The van der Waals surface area contributed by atoms with Gasteiger partial charge in [-0.1, -0.05) is 6.92 Å². The highest BCUT2D eigenvalue weighted by Gasteiger charge is 2.18. The fourth-order valence-electron chi connectivity index (χ4n) is 1.90. The number of rotatable bonds is 0. The molecule has 1 atom stereocenters. The van der Waals surface area contributed by atoms with Crippen LogP contribution in [0.4, 0.5) is 0 Å². The molecule has 0 spiro atoms. The standard InChI is InChI=1S/C9H14N2/c1-7-4-3-5-8-6-11(2)10-9(7)8/h6-7H,3-5H2,1-2H3. The summed E-state index contributed by atoms with van der Waals surface area (Å²) in [4.78, 5) is 0. The van der Waals surface area contributed by atoms with E-state index in [4.69, 9.17) is 0 Å². The maximum absolute atomic E-state index is 4.45. The van der Waals surface area contributed by atoms with E-state index in [9.17, 15) is 0 Å². The summed E-state index contributed by atoms with van der Waals surface area (Å²) >= 11 is 0. The number of hydrogen-bond donors (Lipinski definition) is 0. The van der Waals surface area contributed by atoms with Crippen LogP contribution in [0.25, 0.3) is 0 Å². The zero-order chi connectivity index (χ0) is 7.84. The second kappa shape index (κ2) is 2.36. The molecular weight excluding hydrogens is 136 g/mol. The van der Waals surface area contributed by atoms with Gasteiger partial charge in [-0.3, -0.25) is 4.68 Å². The van der Waals surface area contributed by atoms with Crippen molar-refractivity contribution in [3.05, 3.63) is 17.5 Å². The molecule has 0 aromatic carbocycles. The average molecular weight is 150 g/mol. The molecule has 1 aliphatic carbocycles. The van der Waals surface area contributed by atoms with Crippen molar-refractivity contribution in [1.29, 1.82) is 0 Å². The Labute approximate surface area is 67.2 Å². The molecule has 60 valence electrons. The van der Waals surface area contributed by atoms with Gasteiger partial charge in [-0.05, 0) is 24.8 Å². The number of hydrogen-bond acceptors (Lipinski definition) is 1. The third-order valence-corrected chi connectivity index (χ3v) is 2.49. The predicted octanol–water partition coefficient (Wildman–Crippen LogP) is 1.86. The van der Waals surface area contributed by atoms with Gasteiger partial charge in [0.2, 0.25) is 0 Å². The van der Waals surface area contributed by atoms with E-state index in [-0.39, 0.29) is 0 Å². The van der Waals surface area contributed by atoms with Crippen molar-refractivity contribution in [1.82, 2.24) is 9.78 Å². The molecule has 0 radical (unpaired) electrons. The quantitative estimate of drug-likeness (QED) is 0.552. The normalized spacial score (nSPS) is 23.3. The Morgan fingerprint density at radius 3 is 3.18 bits per heavy atom. The molecule has 0 fully saturated rings. The SMILES string of the molecule is CC1CCCc2cn(C)nc21. The van der Waals surface area contributed by atoms with E-state index in [0.717, 1.165) is 0 Å². The van der Waals surface area contributed by atoms with E-state index >= 15 is 0 Å². The molecule has 11 heavy (non-hydrogen) atoms. The van der Waals surface area contributed by atoms with Crippen LogP contribution in [0.2, 0.25) is 0 Å². The summed E-state index contributed by atoms with van der Waals surface area (Å²) in [6, 6.07) is 0. The van der Waals surface area contributed by atoms with E-state index in [1.165, 1.54) is 30.5 Å². The van der Waals surface area contributed by atoms with Gasteiger partial charge in [-0.25, -0.2) is 0 Å². The van der Waals surface area contributed by atoms with Crippen LogP contribution in [0.3, 0.4) is 0 Å². The minimum atomic E-state index is 0.681. The van der Waals surface area contributed by atoms with E-state index in [1.807, 2.05) is 11.7 Å². The first-order valence-electron chi connectivity index (χ1n) is 4.30. The van der Waals surface area contributed by atoms with Crippen molar-refractivity contribution in [3.63, 3.8) is 0 Å². The van der Waals surface area contributed by atoms with Gasteiger partial charge in [0.05, 0.1) is 5.69 Å². The second-order valence-electron chi connectivity index (χ2n) is 3.51. The van der Waals surface area contributed by atoms with Crippen LogP contribution in [0.1, 0.15) is 36.9 Å². The third kappa shape index (κ3) is 1.06. The number of nitrogens with zero attached hydrogens (tertiary/aromatic N) is 2. The summed E-state index contributed by atoms with van der Waals surface area (Å²) in [7, 11) is 2.00. The molecule has 2 heteroatoms. The molecule has 1 aliphatic rings. The Morgan fingerprint density at radius 2 is 2.45 bits per heavy atom. The van der Waals surface area contributed by atoms with Gasteiger partial charge in [0, 0.05) is 19.2 Å². The number of aryl methyl sites for hydroxylation is 2. The molecule has 0 saturated carbocycles. The summed E-state index contributed by atoms with van der Waals surface area (Å²) in [6.45, 7) is 2.27. The van der Waals surface area contributed by atoms with Crippen molar-refractivity contribution in [2.24, 2.45) is 7.05 Å². The maximum atomic E-state index is 4.45. The maximum Gasteiger partial charge on any atom is 0.0684 e. The third-order valence-electron chi connectivity index (χ3n) is 2.49. The first kappa shape index (κ1) is 6.89. The predicted molar refractivity (Wildman–Crippen MR) is 44.6 cm³/mol. The van der Waals surface area contributed by atoms with E-state index in [2.05, 4.69) is 18.2 Å². The molecule has 1 aromatic rings. The first-order chi connectivity index (χ1) is 5.27. The molecule has 0 bridgehead atoms. The zero-order valence-electron chi connectivity index (χ0n) is 7.17. The van der Waals surface area contributed by atoms with Crippen molar-refractivity contribution < 1.29 is 0 Å². The molecule has 0 saturated heterocycles. The lowest BCUT2D eigenvalue weighted by molar-refractivity contribution is 0.572. The van der Waals surface area contributed by atoms with Crippen LogP contribution >= 0.6 is 0 Å². The topological polar surface area (TPSA) is 17.8 Å². The highest BCUT2D eigenvalue weighted by atomic mass is 15.3. The Morgan fingerprint density at radius 1 is 1.64 bits per heavy atom. The summed E-state index contributed by atoms with van der Waals surface area (Å²) in [5.41, 5.74) is 2.80. The first-order valence-corrected chi connectivity index (χ1v) is 4.30. The molecule has 0 N–H and O–H groups in total. The molecule has 0 amide bonds. The van der Waals surface area contributed by atoms with Crippen LogP contribution < -0.4 is 0 Å². The van der Waals surface area contributed by atoms with Crippen molar-refractivity contribution in [2.45, 2.75) is 32.1 Å². The lowest BCUT2D eigenvalue weighted by atomic mass is 9.90. The van der Waals surface area contributed by atoms with Gasteiger partial charge in [0.25, 0.3) is 0 Å². The van der Waals surface area contributed by atoms with E-state index < -0.39 is 0 Å². The van der Waals surface area contributed by atoms with Gasteiger partial charge in [0.15, 0.2) is 0 Å². The smallest absolute Gasteiger partial charge is 0.0684 e. The lowest BCUT2D eigenvalue weighted by Gasteiger charge is -2.15. The highest BCUT2D eigenvalue weighted by Crippen LogP contribution is 2.29. The fourth-order valence-corrected chi connectivity index (χ4v) is 1.90. The van der Waals surface area contributed by atoms with E-state index in [0.29, 0.717) is 5.92 Å². The number of fused-ring (bicyclic) bond motifs is 1. The molecule has 1 unspecified atom stereocenters. The Balaban J connectivity index is 2.43. The molecule has 1 aromatic heterocycles. The molecule has 2 nitrogen and oxygen atoms in total. The molecule has 0 aliphatic heterocycles. The van der Waals surface area contributed by atoms with Crippen LogP contribution in [-0.4, -0.2) is 9.78 Å². The Kier molecular flexibility index (Phi) is 1.48. The van der Waals surface area contributed by atoms with Crippen molar-refractivity contribution in [2.75, 3.05) is 0 Å². The largest absolute Gasteiger partial charge is 0.275 e. The van der Waals surface area contributed by atoms with Gasteiger partial charge in [-0.15, -0.1) is 0 Å². The Hall–Kier alpha value is -0.790. The summed E-state index contributed by atoms with van der Waals surface area (Å²) in [5, 5.41) is 4.45. The zero-order valence-corrected chi connectivity index (χ0v) is 7.17. The number of aromatic nitrogens is 2. The van der Waals surface area contributed by atoms with Crippen LogP contribution in [-0.2, 0) is 13.5 Å². The fraction of sp³-hybridized carbons (Fsp3) is 0.667. The van der Waals surface area contributed by atoms with Crippen LogP contribution in [0, 0.1) is 0 Å². The van der Waals surface area contributed by atoms with Gasteiger partial charge in [0.1, 0.15) is 0 Å². The minimum absolute atomic E-state index is 0.681.